The Morgan fingerprint density at radius 2 is 1.25 bits per heavy atom. The van der Waals surface area contributed by atoms with Gasteiger partial charge in [-0.2, -0.15) is 9.97 Å². The van der Waals surface area contributed by atoms with Crippen molar-refractivity contribution in [2.45, 2.75) is 0 Å². The van der Waals surface area contributed by atoms with E-state index in [4.69, 9.17) is 11.6 Å². The monoisotopic (exact) mass is 433 g/mol. The average molecular weight is 434 g/mol. The van der Waals surface area contributed by atoms with Gasteiger partial charge in [-0.3, -0.25) is 4.98 Å². The molecule has 0 unspecified atom stereocenters. The molecule has 0 aliphatic rings. The summed E-state index contributed by atoms with van der Waals surface area (Å²) in [7, 11) is 0. The van der Waals surface area contributed by atoms with Gasteiger partial charge in [0.1, 0.15) is 0 Å². The van der Waals surface area contributed by atoms with Crippen molar-refractivity contribution in [3.05, 3.63) is 103 Å². The van der Waals surface area contributed by atoms with Gasteiger partial charge in [-0.1, -0.05) is 48.5 Å². The maximum atomic E-state index is 6.22. The SMILES string of the molecule is Clc1nc(-c2ccccc2)nc(-c2ccc(-n3c4ccccc4c4ccncc43)cc2)n1. The van der Waals surface area contributed by atoms with Crippen LogP contribution in [0, 0.1) is 0 Å². The minimum absolute atomic E-state index is 0.173. The maximum absolute atomic E-state index is 6.22. The molecule has 0 bridgehead atoms. The van der Waals surface area contributed by atoms with Crippen molar-refractivity contribution in [3.8, 4) is 28.5 Å². The number of hydrogen-bond acceptors (Lipinski definition) is 4. The van der Waals surface area contributed by atoms with Crippen LogP contribution in [0.3, 0.4) is 0 Å². The van der Waals surface area contributed by atoms with Crippen LogP contribution in [0.5, 0.6) is 0 Å². The molecule has 6 heteroatoms. The largest absolute Gasteiger partial charge is 0.308 e. The van der Waals surface area contributed by atoms with Crippen molar-refractivity contribution in [2.24, 2.45) is 0 Å². The molecular formula is C26H16ClN5. The molecule has 0 spiro atoms. The molecule has 0 N–H and O–H groups in total. The second-order valence-electron chi connectivity index (χ2n) is 7.41. The lowest BCUT2D eigenvalue weighted by Gasteiger charge is -2.09. The quantitative estimate of drug-likeness (QED) is 0.326. The summed E-state index contributed by atoms with van der Waals surface area (Å²) in [6.07, 6.45) is 3.73. The highest BCUT2D eigenvalue weighted by molar-refractivity contribution is 6.28. The molecule has 3 heterocycles. The maximum Gasteiger partial charge on any atom is 0.226 e. The molecule has 32 heavy (non-hydrogen) atoms. The molecule has 6 rings (SSSR count). The van der Waals surface area contributed by atoms with E-state index in [2.05, 4.69) is 67.0 Å². The lowest BCUT2D eigenvalue weighted by molar-refractivity contribution is 1.06. The van der Waals surface area contributed by atoms with Crippen LogP contribution < -0.4 is 0 Å². The molecule has 0 fully saturated rings. The molecule has 6 aromatic rings. The molecule has 0 aliphatic carbocycles. The lowest BCUT2D eigenvalue weighted by Crippen LogP contribution is -1.98. The van der Waals surface area contributed by atoms with E-state index in [-0.39, 0.29) is 5.28 Å². The first-order chi connectivity index (χ1) is 15.8. The van der Waals surface area contributed by atoms with E-state index in [1.807, 2.05) is 54.9 Å². The second-order valence-corrected chi connectivity index (χ2v) is 7.75. The Labute approximate surface area is 189 Å². The Bertz CT molecular complexity index is 1520. The third kappa shape index (κ3) is 3.11. The molecule has 0 atom stereocenters. The van der Waals surface area contributed by atoms with Gasteiger partial charge in [0, 0.05) is 33.8 Å². The molecule has 0 radical (unpaired) electrons. The number of fused-ring (bicyclic) bond motifs is 3. The van der Waals surface area contributed by atoms with E-state index in [0.29, 0.717) is 11.6 Å². The first-order valence-corrected chi connectivity index (χ1v) is 10.6. The van der Waals surface area contributed by atoms with Crippen LogP contribution in [0.2, 0.25) is 5.28 Å². The highest BCUT2D eigenvalue weighted by Gasteiger charge is 2.13. The first-order valence-electron chi connectivity index (χ1n) is 10.2. The predicted molar refractivity (Wildman–Crippen MR) is 128 cm³/mol. The first kappa shape index (κ1) is 18.7. The predicted octanol–water partition coefficient (Wildman–Crippen LogP) is 6.35. The van der Waals surface area contributed by atoms with E-state index < -0.39 is 0 Å². The zero-order chi connectivity index (χ0) is 21.5. The fourth-order valence-corrected chi connectivity index (χ4v) is 4.21. The van der Waals surface area contributed by atoms with Gasteiger partial charge in [-0.05, 0) is 48.0 Å². The van der Waals surface area contributed by atoms with Gasteiger partial charge >= 0.3 is 0 Å². The highest BCUT2D eigenvalue weighted by Crippen LogP contribution is 2.32. The summed E-state index contributed by atoms with van der Waals surface area (Å²) < 4.78 is 2.22. The third-order valence-electron chi connectivity index (χ3n) is 5.50. The topological polar surface area (TPSA) is 56.5 Å². The Kier molecular flexibility index (Phi) is 4.40. The molecule has 5 nitrogen and oxygen atoms in total. The fourth-order valence-electron chi connectivity index (χ4n) is 4.05. The number of rotatable bonds is 3. The molecule has 3 aromatic carbocycles. The Balaban J connectivity index is 1.46. The number of aromatic nitrogens is 5. The summed E-state index contributed by atoms with van der Waals surface area (Å²) >= 11 is 6.22. The lowest BCUT2D eigenvalue weighted by atomic mass is 10.1. The van der Waals surface area contributed by atoms with Crippen LogP contribution >= 0.6 is 11.6 Å². The van der Waals surface area contributed by atoms with Gasteiger partial charge in [0.25, 0.3) is 0 Å². The number of pyridine rings is 1. The van der Waals surface area contributed by atoms with Crippen LogP contribution in [0.25, 0.3) is 50.3 Å². The normalized spacial score (nSPS) is 11.3. The van der Waals surface area contributed by atoms with Crippen LogP contribution in [0.15, 0.2) is 97.3 Å². The number of halogens is 1. The average Bonchev–Trinajstić information content (AvgIpc) is 3.19. The van der Waals surface area contributed by atoms with Crippen molar-refractivity contribution in [1.29, 1.82) is 0 Å². The number of benzene rings is 3. The van der Waals surface area contributed by atoms with Crippen LogP contribution in [0.1, 0.15) is 0 Å². The van der Waals surface area contributed by atoms with Crippen molar-refractivity contribution < 1.29 is 0 Å². The second kappa shape index (κ2) is 7.55. The summed E-state index contributed by atoms with van der Waals surface area (Å²) in [6, 6.07) is 28.3. The van der Waals surface area contributed by atoms with E-state index in [0.717, 1.165) is 27.8 Å². The van der Waals surface area contributed by atoms with Gasteiger partial charge in [0.15, 0.2) is 11.6 Å². The molecule has 0 saturated heterocycles. The van der Waals surface area contributed by atoms with Crippen LogP contribution in [-0.2, 0) is 0 Å². The van der Waals surface area contributed by atoms with E-state index in [1.54, 1.807) is 0 Å². The van der Waals surface area contributed by atoms with E-state index in [9.17, 15) is 0 Å². The van der Waals surface area contributed by atoms with Crippen molar-refractivity contribution in [3.63, 3.8) is 0 Å². The van der Waals surface area contributed by atoms with Crippen LogP contribution in [0.4, 0.5) is 0 Å². The Morgan fingerprint density at radius 3 is 2.03 bits per heavy atom. The van der Waals surface area contributed by atoms with Gasteiger partial charge in [0.05, 0.1) is 17.2 Å². The minimum Gasteiger partial charge on any atom is -0.308 e. The zero-order valence-electron chi connectivity index (χ0n) is 16.9. The number of nitrogens with zero attached hydrogens (tertiary/aromatic N) is 5. The standard InChI is InChI=1S/C26H16ClN5/c27-26-30-24(17-6-2-1-3-7-17)29-25(31-26)18-10-12-19(13-11-18)32-22-9-5-4-8-20(22)21-14-15-28-16-23(21)32/h1-16H. The smallest absolute Gasteiger partial charge is 0.226 e. The number of para-hydroxylation sites is 1. The summed E-state index contributed by atoms with van der Waals surface area (Å²) in [4.78, 5) is 17.6. The fraction of sp³-hybridized carbons (Fsp3) is 0. The van der Waals surface area contributed by atoms with Gasteiger partial charge < -0.3 is 4.57 Å². The molecule has 0 amide bonds. The molecule has 0 saturated carbocycles. The van der Waals surface area contributed by atoms with Crippen LogP contribution in [-0.4, -0.2) is 24.5 Å². The minimum atomic E-state index is 0.173. The van der Waals surface area contributed by atoms with Gasteiger partial charge in [0.2, 0.25) is 5.28 Å². The van der Waals surface area contributed by atoms with E-state index >= 15 is 0 Å². The molecule has 3 aromatic heterocycles. The highest BCUT2D eigenvalue weighted by atomic mass is 35.5. The van der Waals surface area contributed by atoms with Crippen molar-refractivity contribution in [1.82, 2.24) is 24.5 Å². The van der Waals surface area contributed by atoms with E-state index in [1.165, 1.54) is 10.8 Å². The molecule has 152 valence electrons. The zero-order valence-corrected chi connectivity index (χ0v) is 17.6. The molecular weight excluding hydrogens is 418 g/mol. The van der Waals surface area contributed by atoms with Crippen molar-refractivity contribution in [2.75, 3.05) is 0 Å². The van der Waals surface area contributed by atoms with Gasteiger partial charge in [-0.15, -0.1) is 0 Å². The third-order valence-corrected chi connectivity index (χ3v) is 5.67. The summed E-state index contributed by atoms with van der Waals surface area (Å²) in [5.74, 6) is 1.09. The van der Waals surface area contributed by atoms with Crippen molar-refractivity contribution >= 4 is 33.4 Å². The Hall–Kier alpha value is -4.09. The number of hydrogen-bond donors (Lipinski definition) is 0. The summed E-state index contributed by atoms with van der Waals surface area (Å²) in [5.41, 5.74) is 5.01. The van der Waals surface area contributed by atoms with Gasteiger partial charge in [-0.25, -0.2) is 4.98 Å². The summed E-state index contributed by atoms with van der Waals surface area (Å²) in [6.45, 7) is 0. The Morgan fingerprint density at radius 1 is 0.594 bits per heavy atom. The molecule has 0 aliphatic heterocycles. The summed E-state index contributed by atoms with van der Waals surface area (Å²) in [5, 5.41) is 2.55.